The number of aromatic nitrogens is 1. The summed E-state index contributed by atoms with van der Waals surface area (Å²) in [6.45, 7) is 1.97. The Morgan fingerprint density at radius 1 is 1.04 bits per heavy atom. The highest BCUT2D eigenvalue weighted by Crippen LogP contribution is 2.31. The molecule has 0 unspecified atom stereocenters. The number of nitrogens with zero attached hydrogens (tertiary/aromatic N) is 1. The van der Waals surface area contributed by atoms with Crippen LogP contribution in [0, 0.1) is 6.92 Å². The first kappa shape index (κ1) is 17.8. The van der Waals surface area contributed by atoms with E-state index in [9.17, 15) is 4.79 Å². The molecule has 0 aliphatic heterocycles. The van der Waals surface area contributed by atoms with Crippen LogP contribution in [-0.2, 0) is 0 Å². The minimum absolute atomic E-state index is 0.269. The molecule has 7 heteroatoms. The predicted molar refractivity (Wildman–Crippen MR) is 104 cm³/mol. The molecule has 1 aromatic heterocycles. The van der Waals surface area contributed by atoms with Crippen molar-refractivity contribution in [3.63, 3.8) is 0 Å². The van der Waals surface area contributed by atoms with E-state index < -0.39 is 0 Å². The largest absolute Gasteiger partial charge is 0.497 e. The monoisotopic (exact) mass is 369 g/mol. The van der Waals surface area contributed by atoms with E-state index in [2.05, 4.69) is 15.6 Å². The molecular formula is C19H19N3O3S. The Morgan fingerprint density at radius 3 is 2.42 bits per heavy atom. The number of aryl methyl sites for hydroxylation is 1. The van der Waals surface area contributed by atoms with Gasteiger partial charge in [0.1, 0.15) is 16.5 Å². The normalized spacial score (nSPS) is 10.3. The Hall–Kier alpha value is -3.06. The van der Waals surface area contributed by atoms with Gasteiger partial charge in [0, 0.05) is 29.6 Å². The van der Waals surface area contributed by atoms with Gasteiger partial charge >= 0.3 is 0 Å². The average molecular weight is 369 g/mol. The molecule has 1 heterocycles. The van der Waals surface area contributed by atoms with E-state index in [-0.39, 0.29) is 5.91 Å². The third-order valence-electron chi connectivity index (χ3n) is 3.67. The van der Waals surface area contributed by atoms with Crippen LogP contribution >= 0.6 is 11.3 Å². The van der Waals surface area contributed by atoms with E-state index in [1.54, 1.807) is 25.8 Å². The number of rotatable bonds is 6. The van der Waals surface area contributed by atoms with Crippen LogP contribution in [0.2, 0.25) is 0 Å². The zero-order valence-electron chi connectivity index (χ0n) is 14.7. The Morgan fingerprint density at radius 2 is 1.77 bits per heavy atom. The van der Waals surface area contributed by atoms with Crippen molar-refractivity contribution in [2.75, 3.05) is 24.9 Å². The summed E-state index contributed by atoms with van der Waals surface area (Å²) in [7, 11) is 3.18. The van der Waals surface area contributed by atoms with E-state index in [4.69, 9.17) is 9.47 Å². The summed E-state index contributed by atoms with van der Waals surface area (Å²) in [6.07, 6.45) is 0. The molecule has 0 bridgehead atoms. The van der Waals surface area contributed by atoms with E-state index in [0.29, 0.717) is 22.2 Å². The first-order valence-corrected chi connectivity index (χ1v) is 8.78. The third kappa shape index (κ3) is 4.12. The minimum Gasteiger partial charge on any atom is -0.497 e. The summed E-state index contributed by atoms with van der Waals surface area (Å²) in [5.74, 6) is 1.04. The van der Waals surface area contributed by atoms with Crippen LogP contribution in [0.25, 0.3) is 0 Å². The molecule has 3 rings (SSSR count). The lowest BCUT2D eigenvalue weighted by atomic mass is 10.2. The zero-order chi connectivity index (χ0) is 18.5. The number of hydrogen-bond donors (Lipinski definition) is 2. The van der Waals surface area contributed by atoms with Crippen molar-refractivity contribution in [2.24, 2.45) is 0 Å². The van der Waals surface area contributed by atoms with Crippen molar-refractivity contribution in [1.29, 1.82) is 0 Å². The summed E-state index contributed by atoms with van der Waals surface area (Å²) >= 11 is 1.35. The second-order valence-electron chi connectivity index (χ2n) is 5.58. The van der Waals surface area contributed by atoms with Gasteiger partial charge in [0.25, 0.3) is 5.91 Å². The number of hydrogen-bond acceptors (Lipinski definition) is 6. The molecule has 0 saturated heterocycles. The summed E-state index contributed by atoms with van der Waals surface area (Å²) in [5.41, 5.74) is 4.51. The molecule has 3 aromatic rings. The molecule has 0 radical (unpaired) electrons. The van der Waals surface area contributed by atoms with Crippen LogP contribution in [0.1, 0.15) is 16.1 Å². The van der Waals surface area contributed by atoms with Gasteiger partial charge < -0.3 is 20.1 Å². The summed E-state index contributed by atoms with van der Waals surface area (Å²) < 4.78 is 10.5. The molecule has 0 fully saturated rings. The highest BCUT2D eigenvalue weighted by atomic mass is 32.1. The Kier molecular flexibility index (Phi) is 5.38. The molecule has 0 spiro atoms. The molecule has 134 valence electrons. The van der Waals surface area contributed by atoms with Gasteiger partial charge in [-0.2, -0.15) is 0 Å². The van der Waals surface area contributed by atoms with Crippen molar-refractivity contribution < 1.29 is 14.3 Å². The fourth-order valence-corrected chi connectivity index (χ4v) is 3.12. The van der Waals surface area contributed by atoms with Gasteiger partial charge in [0.15, 0.2) is 5.69 Å². The standard InChI is InChI=1S/C19H19N3O3S/c1-12-5-4-6-13(7-12)21-18(23)17-19(26-11-20-17)22-14-8-15(24-2)10-16(9-14)25-3/h4-11,22H,1-3H3,(H,21,23). The van der Waals surface area contributed by atoms with Crippen LogP contribution in [0.4, 0.5) is 16.4 Å². The summed E-state index contributed by atoms with van der Waals surface area (Å²) in [4.78, 5) is 16.8. The van der Waals surface area contributed by atoms with Crippen LogP contribution < -0.4 is 20.1 Å². The summed E-state index contributed by atoms with van der Waals surface area (Å²) in [5, 5.41) is 6.73. The van der Waals surface area contributed by atoms with E-state index in [1.165, 1.54) is 11.3 Å². The number of benzene rings is 2. The predicted octanol–water partition coefficient (Wildman–Crippen LogP) is 4.46. The van der Waals surface area contributed by atoms with Crippen molar-refractivity contribution in [2.45, 2.75) is 6.92 Å². The molecule has 0 atom stereocenters. The molecule has 0 aliphatic rings. The van der Waals surface area contributed by atoms with Crippen molar-refractivity contribution in [1.82, 2.24) is 4.98 Å². The topological polar surface area (TPSA) is 72.5 Å². The van der Waals surface area contributed by atoms with Gasteiger partial charge in [-0.3, -0.25) is 4.79 Å². The number of nitrogens with one attached hydrogen (secondary N) is 2. The second-order valence-corrected chi connectivity index (χ2v) is 6.43. The number of thiazole rings is 1. The molecule has 0 saturated carbocycles. The van der Waals surface area contributed by atoms with Gasteiger partial charge in [-0.15, -0.1) is 11.3 Å². The maximum Gasteiger partial charge on any atom is 0.277 e. The third-order valence-corrected chi connectivity index (χ3v) is 4.41. The average Bonchev–Trinajstić information content (AvgIpc) is 3.09. The van der Waals surface area contributed by atoms with Crippen LogP contribution in [0.3, 0.4) is 0 Å². The van der Waals surface area contributed by atoms with E-state index in [1.807, 2.05) is 43.3 Å². The fraction of sp³-hybridized carbons (Fsp3) is 0.158. The number of methoxy groups -OCH3 is 2. The number of carbonyl (C=O) groups excluding carboxylic acids is 1. The van der Waals surface area contributed by atoms with Crippen molar-refractivity contribution >= 4 is 33.6 Å². The SMILES string of the molecule is COc1cc(Nc2scnc2C(=O)Nc2cccc(C)c2)cc(OC)c1. The maximum atomic E-state index is 12.6. The summed E-state index contributed by atoms with van der Waals surface area (Å²) in [6, 6.07) is 13.1. The second kappa shape index (κ2) is 7.88. The Bertz CT molecular complexity index is 902. The molecule has 0 aliphatic carbocycles. The lowest BCUT2D eigenvalue weighted by Gasteiger charge is -2.11. The highest BCUT2D eigenvalue weighted by Gasteiger charge is 2.16. The van der Waals surface area contributed by atoms with Crippen molar-refractivity contribution in [3.8, 4) is 11.5 Å². The quantitative estimate of drug-likeness (QED) is 0.671. The molecule has 1 amide bonds. The highest BCUT2D eigenvalue weighted by molar-refractivity contribution is 7.14. The van der Waals surface area contributed by atoms with Gasteiger partial charge in [0.05, 0.1) is 19.7 Å². The number of ether oxygens (including phenoxy) is 2. The number of amides is 1. The molecular weight excluding hydrogens is 350 g/mol. The Balaban J connectivity index is 1.81. The van der Waals surface area contributed by atoms with Gasteiger partial charge in [-0.1, -0.05) is 12.1 Å². The lowest BCUT2D eigenvalue weighted by Crippen LogP contribution is -2.13. The zero-order valence-corrected chi connectivity index (χ0v) is 15.5. The van der Waals surface area contributed by atoms with Gasteiger partial charge in [0.2, 0.25) is 0 Å². The number of carbonyl (C=O) groups is 1. The molecule has 2 N–H and O–H groups in total. The van der Waals surface area contributed by atoms with Gasteiger partial charge in [-0.25, -0.2) is 4.98 Å². The van der Waals surface area contributed by atoms with E-state index >= 15 is 0 Å². The smallest absolute Gasteiger partial charge is 0.277 e. The van der Waals surface area contributed by atoms with Gasteiger partial charge in [-0.05, 0) is 24.6 Å². The maximum absolute atomic E-state index is 12.6. The molecule has 26 heavy (non-hydrogen) atoms. The minimum atomic E-state index is -0.269. The fourth-order valence-electron chi connectivity index (χ4n) is 2.42. The number of anilines is 3. The van der Waals surface area contributed by atoms with E-state index in [0.717, 1.165) is 16.9 Å². The van der Waals surface area contributed by atoms with Crippen LogP contribution in [0.5, 0.6) is 11.5 Å². The van der Waals surface area contributed by atoms with Crippen LogP contribution in [-0.4, -0.2) is 25.1 Å². The molecule has 6 nitrogen and oxygen atoms in total. The van der Waals surface area contributed by atoms with Crippen molar-refractivity contribution in [3.05, 3.63) is 59.2 Å². The molecule has 2 aromatic carbocycles. The first-order valence-electron chi connectivity index (χ1n) is 7.90. The van der Waals surface area contributed by atoms with Crippen LogP contribution in [0.15, 0.2) is 48.0 Å². The first-order chi connectivity index (χ1) is 12.6. The lowest BCUT2D eigenvalue weighted by molar-refractivity contribution is 0.102. The Labute approximate surface area is 155 Å².